The van der Waals surface area contributed by atoms with Crippen LogP contribution in [0.3, 0.4) is 0 Å². The molecule has 0 unspecified atom stereocenters. The first-order valence-corrected chi connectivity index (χ1v) is 8.56. The molecule has 2 aromatic rings. The molecule has 118 valence electrons. The summed E-state index contributed by atoms with van der Waals surface area (Å²) in [7, 11) is 0. The van der Waals surface area contributed by atoms with Crippen LogP contribution in [0.5, 0.6) is 0 Å². The maximum Gasteiger partial charge on any atom is 0.327 e. The van der Waals surface area contributed by atoms with Gasteiger partial charge in [0, 0.05) is 4.88 Å². The smallest absolute Gasteiger partial charge is 0.327 e. The van der Waals surface area contributed by atoms with Crippen molar-refractivity contribution in [1.29, 1.82) is 0 Å². The number of carbonyl (C=O) groups is 1. The van der Waals surface area contributed by atoms with Gasteiger partial charge in [0.25, 0.3) is 5.56 Å². The minimum Gasteiger partial charge on any atom is -0.465 e. The Balaban J connectivity index is 2.04. The Labute approximate surface area is 132 Å². The second-order valence-corrected chi connectivity index (χ2v) is 6.54. The van der Waals surface area contributed by atoms with Crippen LogP contribution in [-0.4, -0.2) is 27.6 Å². The van der Waals surface area contributed by atoms with Crippen LogP contribution in [0, 0.1) is 0 Å². The molecule has 22 heavy (non-hydrogen) atoms. The largest absolute Gasteiger partial charge is 0.465 e. The van der Waals surface area contributed by atoms with Gasteiger partial charge >= 0.3 is 5.97 Å². The Hall–Kier alpha value is -1.76. The zero-order valence-electron chi connectivity index (χ0n) is 12.6. The van der Waals surface area contributed by atoms with E-state index in [-0.39, 0.29) is 18.7 Å². The minimum atomic E-state index is -0.462. The SMILES string of the molecule is CCOC(=O)Cn1nnc2sc3c(c2c1=O)CCCCCC3. The molecule has 7 heteroatoms. The summed E-state index contributed by atoms with van der Waals surface area (Å²) in [5.41, 5.74) is 0.897. The first-order chi connectivity index (χ1) is 10.7. The van der Waals surface area contributed by atoms with E-state index in [1.165, 1.54) is 17.7 Å². The molecular weight excluding hydrogens is 302 g/mol. The lowest BCUT2D eigenvalue weighted by molar-refractivity contribution is -0.144. The molecule has 0 atom stereocenters. The van der Waals surface area contributed by atoms with E-state index >= 15 is 0 Å². The molecule has 0 aliphatic heterocycles. The molecule has 2 aromatic heterocycles. The van der Waals surface area contributed by atoms with Crippen molar-refractivity contribution in [3.05, 3.63) is 20.8 Å². The van der Waals surface area contributed by atoms with Crippen LogP contribution >= 0.6 is 11.3 Å². The number of carbonyl (C=O) groups excluding carboxylic acids is 1. The van der Waals surface area contributed by atoms with Crippen molar-refractivity contribution in [2.24, 2.45) is 0 Å². The summed E-state index contributed by atoms with van der Waals surface area (Å²) in [6, 6.07) is 0. The zero-order valence-corrected chi connectivity index (χ0v) is 13.4. The maximum atomic E-state index is 12.7. The van der Waals surface area contributed by atoms with E-state index in [1.807, 2.05) is 0 Å². The van der Waals surface area contributed by atoms with Gasteiger partial charge in [-0.05, 0) is 38.2 Å². The summed E-state index contributed by atoms with van der Waals surface area (Å²) < 4.78 is 6.00. The molecular formula is C15H19N3O3S. The molecule has 1 aliphatic rings. The third-order valence-corrected chi connectivity index (χ3v) is 5.10. The van der Waals surface area contributed by atoms with Gasteiger partial charge in [0.05, 0.1) is 12.0 Å². The van der Waals surface area contributed by atoms with Gasteiger partial charge in [-0.3, -0.25) is 9.59 Å². The lowest BCUT2D eigenvalue weighted by Crippen LogP contribution is -2.28. The van der Waals surface area contributed by atoms with Gasteiger partial charge < -0.3 is 4.74 Å². The number of nitrogens with zero attached hydrogens (tertiary/aromatic N) is 3. The lowest BCUT2D eigenvalue weighted by Gasteiger charge is -2.09. The third-order valence-electron chi connectivity index (χ3n) is 3.93. The highest BCUT2D eigenvalue weighted by molar-refractivity contribution is 7.18. The molecule has 0 saturated carbocycles. The lowest BCUT2D eigenvalue weighted by atomic mass is 9.98. The Morgan fingerprint density at radius 1 is 1.27 bits per heavy atom. The van der Waals surface area contributed by atoms with E-state index in [2.05, 4.69) is 10.3 Å². The van der Waals surface area contributed by atoms with Crippen LogP contribution in [0.2, 0.25) is 0 Å². The fourth-order valence-electron chi connectivity index (χ4n) is 2.89. The van der Waals surface area contributed by atoms with E-state index in [1.54, 1.807) is 18.3 Å². The predicted octanol–water partition coefficient (Wildman–Crippen LogP) is 2.08. The molecule has 0 fully saturated rings. The first kappa shape index (κ1) is 15.1. The number of ether oxygens (including phenoxy) is 1. The molecule has 0 amide bonds. The second kappa shape index (κ2) is 6.56. The number of aryl methyl sites for hydroxylation is 2. The van der Waals surface area contributed by atoms with Crippen LogP contribution in [0.15, 0.2) is 4.79 Å². The molecule has 0 bridgehead atoms. The standard InChI is InChI=1S/C15H19N3O3S/c1-2-21-12(19)9-18-15(20)13-10-7-5-3-4-6-8-11(10)22-14(13)16-17-18/h2-9H2,1H3. The van der Waals surface area contributed by atoms with Crippen molar-refractivity contribution in [2.45, 2.75) is 52.0 Å². The molecule has 0 radical (unpaired) electrons. The van der Waals surface area contributed by atoms with E-state index in [4.69, 9.17) is 4.74 Å². The van der Waals surface area contributed by atoms with Crippen LogP contribution in [0.25, 0.3) is 10.2 Å². The van der Waals surface area contributed by atoms with E-state index in [9.17, 15) is 9.59 Å². The summed E-state index contributed by atoms with van der Waals surface area (Å²) in [4.78, 5) is 26.2. The summed E-state index contributed by atoms with van der Waals surface area (Å²) >= 11 is 1.57. The topological polar surface area (TPSA) is 74.1 Å². The third kappa shape index (κ3) is 2.90. The van der Waals surface area contributed by atoms with Gasteiger partial charge in [0.15, 0.2) is 4.83 Å². The molecule has 2 heterocycles. The van der Waals surface area contributed by atoms with Crippen molar-refractivity contribution in [3.63, 3.8) is 0 Å². The average molecular weight is 321 g/mol. The van der Waals surface area contributed by atoms with Crippen LogP contribution in [0.4, 0.5) is 0 Å². The molecule has 0 N–H and O–H groups in total. The Morgan fingerprint density at radius 3 is 2.82 bits per heavy atom. The van der Waals surface area contributed by atoms with Crippen molar-refractivity contribution in [2.75, 3.05) is 6.61 Å². The number of aromatic nitrogens is 3. The van der Waals surface area contributed by atoms with Gasteiger partial charge in [-0.1, -0.05) is 18.1 Å². The van der Waals surface area contributed by atoms with E-state index < -0.39 is 5.97 Å². The first-order valence-electron chi connectivity index (χ1n) is 7.74. The van der Waals surface area contributed by atoms with Crippen molar-refractivity contribution in [3.8, 4) is 0 Å². The van der Waals surface area contributed by atoms with E-state index in [0.29, 0.717) is 10.2 Å². The quantitative estimate of drug-likeness (QED) is 0.809. The number of thiophene rings is 1. The highest BCUT2D eigenvalue weighted by Crippen LogP contribution is 2.31. The predicted molar refractivity (Wildman–Crippen MR) is 84.2 cm³/mol. The summed E-state index contributed by atoms with van der Waals surface area (Å²) in [6.07, 6.45) is 6.62. The summed E-state index contributed by atoms with van der Waals surface area (Å²) in [5, 5.41) is 8.68. The fraction of sp³-hybridized carbons (Fsp3) is 0.600. The van der Waals surface area contributed by atoms with Crippen molar-refractivity contribution < 1.29 is 9.53 Å². The Bertz CT molecular complexity index is 750. The number of hydrogen-bond acceptors (Lipinski definition) is 6. The van der Waals surface area contributed by atoms with Gasteiger partial charge in [-0.25, -0.2) is 0 Å². The monoisotopic (exact) mass is 321 g/mol. The number of esters is 1. The number of hydrogen-bond donors (Lipinski definition) is 0. The molecule has 0 saturated heterocycles. The minimum absolute atomic E-state index is 0.180. The van der Waals surface area contributed by atoms with E-state index in [0.717, 1.165) is 35.9 Å². The zero-order chi connectivity index (χ0) is 15.5. The van der Waals surface area contributed by atoms with Crippen molar-refractivity contribution in [1.82, 2.24) is 15.0 Å². The molecule has 3 rings (SSSR count). The fourth-order valence-corrected chi connectivity index (χ4v) is 4.09. The van der Waals surface area contributed by atoms with Gasteiger partial charge in [-0.2, -0.15) is 4.68 Å². The van der Waals surface area contributed by atoms with Gasteiger partial charge in [0.2, 0.25) is 0 Å². The van der Waals surface area contributed by atoms with Crippen LogP contribution in [-0.2, 0) is 28.9 Å². The Kier molecular flexibility index (Phi) is 4.52. The summed E-state index contributed by atoms with van der Waals surface area (Å²) in [6.45, 7) is 1.84. The highest BCUT2D eigenvalue weighted by atomic mass is 32.1. The van der Waals surface area contributed by atoms with Gasteiger partial charge in [0.1, 0.15) is 6.54 Å². The number of rotatable bonds is 3. The molecule has 0 spiro atoms. The second-order valence-electron chi connectivity index (χ2n) is 5.46. The number of fused-ring (bicyclic) bond motifs is 3. The highest BCUT2D eigenvalue weighted by Gasteiger charge is 2.20. The average Bonchev–Trinajstić information content (AvgIpc) is 2.80. The maximum absolute atomic E-state index is 12.7. The summed E-state index contributed by atoms with van der Waals surface area (Å²) in [5.74, 6) is -0.462. The van der Waals surface area contributed by atoms with Crippen LogP contribution in [0.1, 0.15) is 43.0 Å². The van der Waals surface area contributed by atoms with Crippen molar-refractivity contribution >= 4 is 27.5 Å². The Morgan fingerprint density at radius 2 is 2.05 bits per heavy atom. The molecule has 1 aliphatic carbocycles. The molecule has 0 aromatic carbocycles. The van der Waals surface area contributed by atoms with Crippen LogP contribution < -0.4 is 5.56 Å². The normalized spacial score (nSPS) is 15.1. The molecule has 6 nitrogen and oxygen atoms in total. The van der Waals surface area contributed by atoms with Gasteiger partial charge in [-0.15, -0.1) is 16.4 Å².